The summed E-state index contributed by atoms with van der Waals surface area (Å²) in [6.45, 7) is 5.81. The molecular formula is C17H23N5O3. The Kier molecular flexibility index (Phi) is 5.28. The predicted molar refractivity (Wildman–Crippen MR) is 91.1 cm³/mol. The molecule has 1 N–H and O–H groups in total. The van der Waals surface area contributed by atoms with Crippen LogP contribution >= 0.6 is 0 Å². The minimum Gasteiger partial charge on any atom is -0.368 e. The largest absolute Gasteiger partial charge is 0.368 e. The van der Waals surface area contributed by atoms with E-state index in [9.17, 15) is 9.59 Å². The van der Waals surface area contributed by atoms with Gasteiger partial charge in [0, 0.05) is 44.4 Å². The number of morpholine rings is 1. The topological polar surface area (TPSA) is 93.1 Å². The summed E-state index contributed by atoms with van der Waals surface area (Å²) in [7, 11) is 0. The SMILES string of the molecule is CCc1nccn1CCC(=O)N1CCO[C@H](c2cc(=O)[nH]c(C)n2)C1. The van der Waals surface area contributed by atoms with E-state index in [1.807, 2.05) is 17.7 Å². The summed E-state index contributed by atoms with van der Waals surface area (Å²) in [5.74, 6) is 1.60. The fourth-order valence-electron chi connectivity index (χ4n) is 3.05. The third-order valence-corrected chi connectivity index (χ3v) is 4.31. The Morgan fingerprint density at radius 3 is 3.08 bits per heavy atom. The van der Waals surface area contributed by atoms with Crippen LogP contribution < -0.4 is 5.56 Å². The Bertz CT molecular complexity index is 798. The number of nitrogens with zero attached hydrogens (tertiary/aromatic N) is 4. The molecule has 3 rings (SSSR count). The van der Waals surface area contributed by atoms with Gasteiger partial charge in [0.05, 0.1) is 18.8 Å². The maximum Gasteiger partial charge on any atom is 0.251 e. The second-order valence-corrected chi connectivity index (χ2v) is 6.10. The molecule has 0 saturated carbocycles. The van der Waals surface area contributed by atoms with Crippen LogP contribution in [0.15, 0.2) is 23.3 Å². The van der Waals surface area contributed by atoms with Crippen LogP contribution in [0.25, 0.3) is 0 Å². The van der Waals surface area contributed by atoms with E-state index < -0.39 is 0 Å². The van der Waals surface area contributed by atoms with Gasteiger partial charge in [0.1, 0.15) is 17.8 Å². The molecule has 1 fully saturated rings. The summed E-state index contributed by atoms with van der Waals surface area (Å²) in [4.78, 5) is 37.2. The summed E-state index contributed by atoms with van der Waals surface area (Å²) in [5, 5.41) is 0. The molecular weight excluding hydrogens is 322 g/mol. The van der Waals surface area contributed by atoms with Crippen molar-refractivity contribution in [1.82, 2.24) is 24.4 Å². The van der Waals surface area contributed by atoms with Crippen molar-refractivity contribution >= 4 is 5.91 Å². The standard InChI is InChI=1S/C17H23N5O3/c1-3-15-18-5-7-21(15)6-4-17(24)22-8-9-25-14(11-22)13-10-16(23)20-12(2)19-13/h5,7,10,14H,3-4,6,8-9,11H2,1-2H3,(H,19,20,23)/t14-/m0/s1. The fourth-order valence-corrected chi connectivity index (χ4v) is 3.05. The molecule has 1 saturated heterocycles. The minimum atomic E-state index is -0.363. The molecule has 0 unspecified atom stereocenters. The summed E-state index contributed by atoms with van der Waals surface area (Å²) in [6, 6.07) is 1.44. The van der Waals surface area contributed by atoms with Crippen LogP contribution in [0.1, 0.15) is 36.8 Å². The molecule has 1 amide bonds. The van der Waals surface area contributed by atoms with Gasteiger partial charge in [0.25, 0.3) is 5.56 Å². The molecule has 0 aliphatic carbocycles. The minimum absolute atomic E-state index is 0.0746. The second kappa shape index (κ2) is 7.60. The first-order chi connectivity index (χ1) is 12.1. The molecule has 2 aromatic heterocycles. The summed E-state index contributed by atoms with van der Waals surface area (Å²) in [6.07, 6.45) is 4.55. The zero-order valence-corrected chi connectivity index (χ0v) is 14.6. The number of ether oxygens (including phenoxy) is 1. The van der Waals surface area contributed by atoms with Gasteiger partial charge in [-0.3, -0.25) is 9.59 Å². The van der Waals surface area contributed by atoms with Crippen molar-refractivity contribution in [1.29, 1.82) is 0 Å². The number of aromatic amines is 1. The quantitative estimate of drug-likeness (QED) is 0.866. The van der Waals surface area contributed by atoms with Crippen LogP contribution in [0.5, 0.6) is 0 Å². The van der Waals surface area contributed by atoms with E-state index in [2.05, 4.69) is 15.0 Å². The number of hydrogen-bond acceptors (Lipinski definition) is 5. The Labute approximate surface area is 145 Å². The van der Waals surface area contributed by atoms with Gasteiger partial charge in [-0.25, -0.2) is 9.97 Å². The molecule has 2 aromatic rings. The number of rotatable bonds is 5. The molecule has 8 heteroatoms. The molecule has 0 spiro atoms. The Morgan fingerprint density at radius 2 is 2.32 bits per heavy atom. The highest BCUT2D eigenvalue weighted by atomic mass is 16.5. The summed E-state index contributed by atoms with van der Waals surface area (Å²) >= 11 is 0. The lowest BCUT2D eigenvalue weighted by Gasteiger charge is -2.32. The molecule has 0 radical (unpaired) electrons. The van der Waals surface area contributed by atoms with Crippen molar-refractivity contribution in [3.63, 3.8) is 0 Å². The van der Waals surface area contributed by atoms with E-state index in [1.165, 1.54) is 6.07 Å². The van der Waals surface area contributed by atoms with E-state index in [0.29, 0.717) is 44.2 Å². The van der Waals surface area contributed by atoms with Crippen molar-refractivity contribution in [3.8, 4) is 0 Å². The third-order valence-electron chi connectivity index (χ3n) is 4.31. The monoisotopic (exact) mass is 345 g/mol. The smallest absolute Gasteiger partial charge is 0.251 e. The van der Waals surface area contributed by atoms with E-state index in [1.54, 1.807) is 18.0 Å². The van der Waals surface area contributed by atoms with Gasteiger partial charge in [-0.05, 0) is 6.92 Å². The van der Waals surface area contributed by atoms with E-state index in [-0.39, 0.29) is 17.6 Å². The predicted octanol–water partition coefficient (Wildman–Crippen LogP) is 0.827. The van der Waals surface area contributed by atoms with Crippen LogP contribution in [0.2, 0.25) is 0 Å². The Morgan fingerprint density at radius 1 is 1.48 bits per heavy atom. The average molecular weight is 345 g/mol. The van der Waals surface area contributed by atoms with Crippen LogP contribution in [-0.4, -0.2) is 50.0 Å². The van der Waals surface area contributed by atoms with Crippen molar-refractivity contribution in [3.05, 3.63) is 46.2 Å². The lowest BCUT2D eigenvalue weighted by molar-refractivity contribution is -0.139. The molecule has 1 aliphatic rings. The number of aryl methyl sites for hydroxylation is 3. The fraction of sp³-hybridized carbons (Fsp3) is 0.529. The maximum atomic E-state index is 12.6. The number of nitrogens with one attached hydrogen (secondary N) is 1. The lowest BCUT2D eigenvalue weighted by Crippen LogP contribution is -2.43. The van der Waals surface area contributed by atoms with Crippen molar-refractivity contribution in [2.75, 3.05) is 19.7 Å². The summed E-state index contributed by atoms with van der Waals surface area (Å²) < 4.78 is 7.73. The Hall–Kier alpha value is -2.48. The van der Waals surface area contributed by atoms with Crippen LogP contribution in [0.4, 0.5) is 0 Å². The molecule has 3 heterocycles. The first kappa shape index (κ1) is 17.3. The number of H-pyrrole nitrogens is 1. The normalized spacial score (nSPS) is 17.7. The Balaban J connectivity index is 1.62. The van der Waals surface area contributed by atoms with Crippen LogP contribution in [-0.2, 0) is 22.5 Å². The van der Waals surface area contributed by atoms with Crippen molar-refractivity contribution in [2.45, 2.75) is 39.3 Å². The molecule has 1 aliphatic heterocycles. The van der Waals surface area contributed by atoms with Gasteiger partial charge < -0.3 is 19.2 Å². The number of carbonyl (C=O) groups excluding carboxylic acids is 1. The van der Waals surface area contributed by atoms with Crippen LogP contribution in [0, 0.1) is 6.92 Å². The van der Waals surface area contributed by atoms with Gasteiger partial charge >= 0.3 is 0 Å². The molecule has 1 atom stereocenters. The van der Waals surface area contributed by atoms with Gasteiger partial charge in [-0.15, -0.1) is 0 Å². The number of hydrogen-bond donors (Lipinski definition) is 1. The first-order valence-electron chi connectivity index (χ1n) is 8.54. The molecule has 8 nitrogen and oxygen atoms in total. The highest BCUT2D eigenvalue weighted by Gasteiger charge is 2.26. The van der Waals surface area contributed by atoms with Gasteiger partial charge in [0.2, 0.25) is 5.91 Å². The van der Waals surface area contributed by atoms with Crippen LogP contribution in [0.3, 0.4) is 0 Å². The summed E-state index contributed by atoms with van der Waals surface area (Å²) in [5.41, 5.74) is 0.364. The average Bonchev–Trinajstić information content (AvgIpc) is 3.06. The van der Waals surface area contributed by atoms with Crippen molar-refractivity contribution < 1.29 is 9.53 Å². The molecule has 0 bridgehead atoms. The van der Waals surface area contributed by atoms with E-state index >= 15 is 0 Å². The van der Waals surface area contributed by atoms with Gasteiger partial charge in [0.15, 0.2) is 0 Å². The first-order valence-corrected chi connectivity index (χ1v) is 8.54. The highest BCUT2D eigenvalue weighted by Crippen LogP contribution is 2.20. The number of imidazole rings is 1. The molecule has 25 heavy (non-hydrogen) atoms. The van der Waals surface area contributed by atoms with Gasteiger partial charge in [-0.2, -0.15) is 0 Å². The van der Waals surface area contributed by atoms with E-state index in [4.69, 9.17) is 4.74 Å². The molecule has 134 valence electrons. The highest BCUT2D eigenvalue weighted by molar-refractivity contribution is 5.76. The second-order valence-electron chi connectivity index (χ2n) is 6.10. The number of amides is 1. The third kappa shape index (κ3) is 4.14. The zero-order chi connectivity index (χ0) is 17.8. The van der Waals surface area contributed by atoms with E-state index in [0.717, 1.165) is 12.2 Å². The maximum absolute atomic E-state index is 12.6. The zero-order valence-electron chi connectivity index (χ0n) is 14.6. The number of aromatic nitrogens is 4. The van der Waals surface area contributed by atoms with Crippen molar-refractivity contribution in [2.24, 2.45) is 0 Å². The lowest BCUT2D eigenvalue weighted by atomic mass is 10.2. The van der Waals surface area contributed by atoms with Gasteiger partial charge in [-0.1, -0.05) is 6.92 Å². The number of carbonyl (C=O) groups is 1. The molecule has 0 aromatic carbocycles.